The average Bonchev–Trinajstić information content (AvgIpc) is 2.44. The molecule has 0 fully saturated rings. The second-order valence-electron chi connectivity index (χ2n) is 5.40. The molecule has 0 aliphatic heterocycles. The van der Waals surface area contributed by atoms with E-state index in [-0.39, 0.29) is 0 Å². The maximum atomic E-state index is 11.3. The first-order valence-electron chi connectivity index (χ1n) is 7.03. The third-order valence-electron chi connectivity index (χ3n) is 3.00. The van der Waals surface area contributed by atoms with E-state index in [4.69, 9.17) is 9.47 Å². The topological polar surface area (TPSA) is 35.5 Å². The lowest BCUT2D eigenvalue weighted by Gasteiger charge is -2.13. The molecule has 0 aliphatic carbocycles. The van der Waals surface area contributed by atoms with E-state index >= 15 is 0 Å². The quantitative estimate of drug-likeness (QED) is 0.552. The highest BCUT2D eigenvalue weighted by atomic mass is 16.5. The van der Waals surface area contributed by atoms with Crippen LogP contribution >= 0.6 is 0 Å². The molecule has 0 saturated carbocycles. The molecule has 0 atom stereocenters. The van der Waals surface area contributed by atoms with Gasteiger partial charge in [0.05, 0.1) is 12.7 Å². The minimum Gasteiger partial charge on any atom is -0.496 e. The van der Waals surface area contributed by atoms with Crippen LogP contribution in [0, 0.1) is 0 Å². The first kappa shape index (κ1) is 17.0. The lowest BCUT2D eigenvalue weighted by molar-refractivity contribution is 0.112. The van der Waals surface area contributed by atoms with Crippen LogP contribution in [0.2, 0.25) is 0 Å². The molecule has 0 unspecified atom stereocenters. The summed E-state index contributed by atoms with van der Waals surface area (Å²) in [5.74, 6) is 1.30. The second-order valence-corrected chi connectivity index (χ2v) is 5.40. The van der Waals surface area contributed by atoms with E-state index in [0.717, 1.165) is 24.0 Å². The van der Waals surface area contributed by atoms with Gasteiger partial charge < -0.3 is 9.47 Å². The van der Waals surface area contributed by atoms with Gasteiger partial charge in [-0.15, -0.1) is 0 Å². The Morgan fingerprint density at radius 3 is 2.24 bits per heavy atom. The van der Waals surface area contributed by atoms with E-state index in [2.05, 4.69) is 6.08 Å². The number of hydrogen-bond donors (Lipinski definition) is 0. The monoisotopic (exact) mass is 288 g/mol. The number of benzene rings is 1. The number of carbonyl (C=O) groups is 1. The summed E-state index contributed by atoms with van der Waals surface area (Å²) < 4.78 is 11.1. The van der Waals surface area contributed by atoms with Gasteiger partial charge in [0, 0.05) is 6.07 Å². The third kappa shape index (κ3) is 5.46. The summed E-state index contributed by atoms with van der Waals surface area (Å²) >= 11 is 0. The smallest absolute Gasteiger partial charge is 0.153 e. The van der Waals surface area contributed by atoms with Crippen molar-refractivity contribution in [3.05, 3.63) is 46.6 Å². The Labute approximate surface area is 127 Å². The molecule has 0 spiro atoms. The average molecular weight is 288 g/mol. The molecule has 21 heavy (non-hydrogen) atoms. The molecule has 1 aromatic rings. The fourth-order valence-corrected chi connectivity index (χ4v) is 1.80. The van der Waals surface area contributed by atoms with Gasteiger partial charge in [0.25, 0.3) is 0 Å². The van der Waals surface area contributed by atoms with E-state index in [1.807, 2.05) is 39.8 Å². The van der Waals surface area contributed by atoms with Crippen molar-refractivity contribution in [2.75, 3.05) is 13.7 Å². The molecule has 0 heterocycles. The Morgan fingerprint density at radius 2 is 1.71 bits per heavy atom. The summed E-state index contributed by atoms with van der Waals surface area (Å²) in [5.41, 5.74) is 3.94. The van der Waals surface area contributed by atoms with Crippen LogP contribution in [0.5, 0.6) is 11.5 Å². The molecule has 114 valence electrons. The van der Waals surface area contributed by atoms with Crippen molar-refractivity contribution >= 4 is 6.29 Å². The van der Waals surface area contributed by atoms with Crippen molar-refractivity contribution in [1.82, 2.24) is 0 Å². The predicted octanol–water partition coefficient (Wildman–Crippen LogP) is 4.36. The Kier molecular flexibility index (Phi) is 6.73. The fraction of sp³-hybridized carbons (Fsp3) is 0.389. The highest BCUT2D eigenvalue weighted by Crippen LogP contribution is 2.29. The molecule has 0 aromatic heterocycles. The molecule has 0 N–H and O–H groups in total. The van der Waals surface area contributed by atoms with Crippen molar-refractivity contribution in [1.29, 1.82) is 0 Å². The molecule has 1 rings (SSSR count). The van der Waals surface area contributed by atoms with Crippen LogP contribution in [-0.4, -0.2) is 20.0 Å². The number of carbonyl (C=O) groups excluding carboxylic acids is 1. The number of rotatable bonds is 7. The van der Waals surface area contributed by atoms with Crippen molar-refractivity contribution in [2.45, 2.75) is 34.1 Å². The molecule has 3 heteroatoms. The van der Waals surface area contributed by atoms with Crippen LogP contribution in [0.15, 0.2) is 35.4 Å². The summed E-state index contributed by atoms with van der Waals surface area (Å²) in [6, 6.07) is 3.62. The lowest BCUT2D eigenvalue weighted by Crippen LogP contribution is -2.01. The van der Waals surface area contributed by atoms with Gasteiger partial charge in [-0.2, -0.15) is 0 Å². The minimum atomic E-state index is 0.444. The first-order chi connectivity index (χ1) is 9.97. The standard InChI is InChI=1S/C18H24O3/c1-13(2)6-7-15-10-16(12-19)18(11-17(15)20-5)21-9-8-14(3)4/h6,8,10-12H,7,9H2,1-5H3. The molecule has 0 radical (unpaired) electrons. The number of methoxy groups -OCH3 is 1. The second kappa shape index (κ2) is 8.30. The van der Waals surface area contributed by atoms with Gasteiger partial charge in [-0.3, -0.25) is 4.79 Å². The van der Waals surface area contributed by atoms with Crippen LogP contribution in [0.1, 0.15) is 43.6 Å². The summed E-state index contributed by atoms with van der Waals surface area (Å²) in [6.07, 6.45) is 5.64. The van der Waals surface area contributed by atoms with Crippen LogP contribution in [0.25, 0.3) is 0 Å². The van der Waals surface area contributed by atoms with E-state index in [9.17, 15) is 4.79 Å². The highest BCUT2D eigenvalue weighted by molar-refractivity contribution is 5.80. The highest BCUT2D eigenvalue weighted by Gasteiger charge is 2.10. The molecular weight excluding hydrogens is 264 g/mol. The number of aldehydes is 1. The molecule has 0 bridgehead atoms. The van der Waals surface area contributed by atoms with Gasteiger partial charge in [0.2, 0.25) is 0 Å². The van der Waals surface area contributed by atoms with Crippen molar-refractivity contribution < 1.29 is 14.3 Å². The van der Waals surface area contributed by atoms with Crippen molar-refractivity contribution in [3.63, 3.8) is 0 Å². The molecule has 0 saturated heterocycles. The number of ether oxygens (including phenoxy) is 2. The van der Waals surface area contributed by atoms with Crippen LogP contribution in [-0.2, 0) is 6.42 Å². The SMILES string of the molecule is COc1cc(OCC=C(C)C)c(C=O)cc1CC=C(C)C. The molecule has 1 aromatic carbocycles. The third-order valence-corrected chi connectivity index (χ3v) is 3.00. The summed E-state index contributed by atoms with van der Waals surface area (Å²) in [7, 11) is 1.63. The zero-order chi connectivity index (χ0) is 15.8. The van der Waals surface area contributed by atoms with Gasteiger partial charge in [-0.1, -0.05) is 17.2 Å². The summed E-state index contributed by atoms with van der Waals surface area (Å²) in [6.45, 7) is 8.55. The Balaban J connectivity index is 3.07. The molecular formula is C18H24O3. The predicted molar refractivity (Wildman–Crippen MR) is 86.4 cm³/mol. The maximum absolute atomic E-state index is 11.3. The number of allylic oxidation sites excluding steroid dienone is 3. The van der Waals surface area contributed by atoms with E-state index < -0.39 is 0 Å². The first-order valence-corrected chi connectivity index (χ1v) is 7.03. The molecule has 0 aliphatic rings. The van der Waals surface area contributed by atoms with E-state index in [1.54, 1.807) is 13.2 Å². The van der Waals surface area contributed by atoms with Crippen LogP contribution < -0.4 is 9.47 Å². The number of hydrogen-bond acceptors (Lipinski definition) is 3. The van der Waals surface area contributed by atoms with Crippen molar-refractivity contribution in [2.24, 2.45) is 0 Å². The zero-order valence-corrected chi connectivity index (χ0v) is 13.5. The van der Waals surface area contributed by atoms with Gasteiger partial charge in [-0.05, 0) is 51.8 Å². The van der Waals surface area contributed by atoms with E-state index in [0.29, 0.717) is 17.9 Å². The minimum absolute atomic E-state index is 0.444. The summed E-state index contributed by atoms with van der Waals surface area (Å²) in [5, 5.41) is 0. The molecule has 3 nitrogen and oxygen atoms in total. The lowest BCUT2D eigenvalue weighted by atomic mass is 10.0. The van der Waals surface area contributed by atoms with Crippen LogP contribution in [0.4, 0.5) is 0 Å². The largest absolute Gasteiger partial charge is 0.496 e. The van der Waals surface area contributed by atoms with Gasteiger partial charge in [0.1, 0.15) is 18.1 Å². The zero-order valence-electron chi connectivity index (χ0n) is 13.5. The Bertz CT molecular complexity index is 546. The van der Waals surface area contributed by atoms with Gasteiger partial charge in [0.15, 0.2) is 6.29 Å². The Hall–Kier alpha value is -2.03. The van der Waals surface area contributed by atoms with Crippen LogP contribution in [0.3, 0.4) is 0 Å². The Morgan fingerprint density at radius 1 is 1.05 bits per heavy atom. The molecule has 0 amide bonds. The van der Waals surface area contributed by atoms with Gasteiger partial charge >= 0.3 is 0 Å². The normalized spacial score (nSPS) is 9.76. The maximum Gasteiger partial charge on any atom is 0.153 e. The van der Waals surface area contributed by atoms with E-state index in [1.165, 1.54) is 11.1 Å². The fourth-order valence-electron chi connectivity index (χ4n) is 1.80. The van der Waals surface area contributed by atoms with Crippen molar-refractivity contribution in [3.8, 4) is 11.5 Å². The van der Waals surface area contributed by atoms with Gasteiger partial charge in [-0.25, -0.2) is 0 Å². The summed E-state index contributed by atoms with van der Waals surface area (Å²) in [4.78, 5) is 11.3.